The predicted molar refractivity (Wildman–Crippen MR) is 98.9 cm³/mol. The van der Waals surface area contributed by atoms with E-state index in [9.17, 15) is 19.5 Å². The predicted octanol–water partition coefficient (Wildman–Crippen LogP) is 1.93. The molecule has 1 aliphatic carbocycles. The Kier molecular flexibility index (Phi) is 4.66. The van der Waals surface area contributed by atoms with Crippen molar-refractivity contribution in [1.82, 2.24) is 9.80 Å². The van der Waals surface area contributed by atoms with Gasteiger partial charge < -0.3 is 14.9 Å². The molecule has 2 amide bonds. The third-order valence-corrected chi connectivity index (χ3v) is 6.38. The first-order valence-corrected chi connectivity index (χ1v) is 9.82. The summed E-state index contributed by atoms with van der Waals surface area (Å²) in [5.41, 5.74) is 0.854. The number of carboxylic acid groups (broad SMARTS) is 1. The molecule has 0 radical (unpaired) electrons. The summed E-state index contributed by atoms with van der Waals surface area (Å²) in [6.45, 7) is 1.81. The van der Waals surface area contributed by atoms with Crippen LogP contribution in [-0.2, 0) is 20.8 Å². The van der Waals surface area contributed by atoms with Crippen LogP contribution in [0.15, 0.2) is 30.3 Å². The molecule has 1 saturated carbocycles. The molecule has 1 spiro atoms. The Morgan fingerprint density at radius 2 is 1.74 bits per heavy atom. The van der Waals surface area contributed by atoms with Crippen LogP contribution in [0.2, 0.25) is 0 Å². The highest BCUT2D eigenvalue weighted by Crippen LogP contribution is 2.45. The molecule has 2 saturated heterocycles. The van der Waals surface area contributed by atoms with Crippen molar-refractivity contribution in [2.45, 2.75) is 44.6 Å². The van der Waals surface area contributed by atoms with Gasteiger partial charge in [-0.15, -0.1) is 0 Å². The van der Waals surface area contributed by atoms with Gasteiger partial charge in [-0.2, -0.15) is 0 Å². The molecule has 6 nitrogen and oxygen atoms in total. The molecule has 144 valence electrons. The standard InChI is InChI=1S/C21H26N2O4/c24-18(12-15-4-2-1-3-5-15)22-10-8-21(9-11-22)13-17(20(26)27)23(14-21)19(25)16-6-7-16/h1-5,16-17H,6-14H2,(H,26,27)/t17-/m1/s1. The minimum absolute atomic E-state index is 0.0156. The Labute approximate surface area is 159 Å². The minimum Gasteiger partial charge on any atom is -0.480 e. The number of carbonyl (C=O) groups excluding carboxylic acids is 2. The highest BCUT2D eigenvalue weighted by Gasteiger charge is 2.52. The van der Waals surface area contributed by atoms with E-state index < -0.39 is 12.0 Å². The minimum atomic E-state index is -0.900. The normalized spacial score (nSPS) is 24.2. The topological polar surface area (TPSA) is 77.9 Å². The molecule has 0 bridgehead atoms. The fraction of sp³-hybridized carbons (Fsp3) is 0.571. The molecule has 3 aliphatic rings. The average molecular weight is 370 g/mol. The van der Waals surface area contributed by atoms with Crippen LogP contribution in [0, 0.1) is 11.3 Å². The van der Waals surface area contributed by atoms with Gasteiger partial charge in [-0.3, -0.25) is 9.59 Å². The molecule has 1 aromatic carbocycles. The van der Waals surface area contributed by atoms with Gasteiger partial charge in [0, 0.05) is 25.6 Å². The zero-order valence-electron chi connectivity index (χ0n) is 15.5. The summed E-state index contributed by atoms with van der Waals surface area (Å²) < 4.78 is 0. The van der Waals surface area contributed by atoms with E-state index in [1.807, 2.05) is 35.2 Å². The molecule has 2 aliphatic heterocycles. The molecule has 27 heavy (non-hydrogen) atoms. The first-order chi connectivity index (χ1) is 13.0. The summed E-state index contributed by atoms with van der Waals surface area (Å²) in [7, 11) is 0. The van der Waals surface area contributed by atoms with Crippen LogP contribution in [0.3, 0.4) is 0 Å². The van der Waals surface area contributed by atoms with Crippen LogP contribution in [-0.4, -0.2) is 58.4 Å². The van der Waals surface area contributed by atoms with Gasteiger partial charge in [-0.05, 0) is 43.1 Å². The summed E-state index contributed by atoms with van der Waals surface area (Å²) in [6, 6.07) is 9.02. The van der Waals surface area contributed by atoms with E-state index in [0.717, 1.165) is 31.2 Å². The van der Waals surface area contributed by atoms with Crippen LogP contribution in [0.5, 0.6) is 0 Å². The van der Waals surface area contributed by atoms with Crippen molar-refractivity contribution >= 4 is 17.8 Å². The largest absolute Gasteiger partial charge is 0.480 e. The zero-order chi connectivity index (χ0) is 19.0. The van der Waals surface area contributed by atoms with E-state index in [1.165, 1.54) is 0 Å². The van der Waals surface area contributed by atoms with Crippen molar-refractivity contribution < 1.29 is 19.5 Å². The smallest absolute Gasteiger partial charge is 0.326 e. The lowest BCUT2D eigenvalue weighted by Gasteiger charge is -2.39. The van der Waals surface area contributed by atoms with Gasteiger partial charge in [0.05, 0.1) is 6.42 Å². The van der Waals surface area contributed by atoms with E-state index in [2.05, 4.69) is 0 Å². The van der Waals surface area contributed by atoms with Crippen LogP contribution < -0.4 is 0 Å². The maximum Gasteiger partial charge on any atom is 0.326 e. The lowest BCUT2D eigenvalue weighted by Crippen LogP contribution is -2.45. The zero-order valence-corrected chi connectivity index (χ0v) is 15.5. The lowest BCUT2D eigenvalue weighted by atomic mass is 9.76. The number of nitrogens with zero attached hydrogens (tertiary/aromatic N) is 2. The molecule has 2 heterocycles. The number of carboxylic acids is 1. The van der Waals surface area contributed by atoms with Gasteiger partial charge in [0.15, 0.2) is 0 Å². The number of benzene rings is 1. The van der Waals surface area contributed by atoms with Gasteiger partial charge in [-0.25, -0.2) is 4.79 Å². The summed E-state index contributed by atoms with van der Waals surface area (Å²) in [5.74, 6) is -0.727. The number of hydrogen-bond acceptors (Lipinski definition) is 3. The Balaban J connectivity index is 1.38. The number of piperidine rings is 1. The monoisotopic (exact) mass is 370 g/mol. The molecule has 0 aromatic heterocycles. The number of hydrogen-bond donors (Lipinski definition) is 1. The van der Waals surface area contributed by atoms with E-state index in [4.69, 9.17) is 0 Å². The van der Waals surface area contributed by atoms with Gasteiger partial charge in [0.1, 0.15) is 6.04 Å². The third-order valence-electron chi connectivity index (χ3n) is 6.38. The van der Waals surface area contributed by atoms with Crippen LogP contribution >= 0.6 is 0 Å². The molecule has 6 heteroatoms. The highest BCUT2D eigenvalue weighted by molar-refractivity contribution is 5.87. The summed E-state index contributed by atoms with van der Waals surface area (Å²) in [4.78, 5) is 40.3. The van der Waals surface area contributed by atoms with Crippen LogP contribution in [0.1, 0.15) is 37.7 Å². The molecule has 1 N–H and O–H groups in total. The Morgan fingerprint density at radius 1 is 1.07 bits per heavy atom. The van der Waals surface area contributed by atoms with E-state index in [-0.39, 0.29) is 23.1 Å². The highest BCUT2D eigenvalue weighted by atomic mass is 16.4. The van der Waals surface area contributed by atoms with Crippen molar-refractivity contribution in [2.24, 2.45) is 11.3 Å². The molecule has 3 fully saturated rings. The number of aliphatic carboxylic acids is 1. The molecule has 4 rings (SSSR count). The fourth-order valence-corrected chi connectivity index (χ4v) is 4.55. The van der Waals surface area contributed by atoms with Crippen LogP contribution in [0.4, 0.5) is 0 Å². The lowest BCUT2D eigenvalue weighted by molar-refractivity contribution is -0.148. The summed E-state index contributed by atoms with van der Waals surface area (Å²) >= 11 is 0. The molecule has 1 aromatic rings. The average Bonchev–Trinajstić information content (AvgIpc) is 3.45. The van der Waals surface area contributed by atoms with Crippen molar-refractivity contribution in [2.75, 3.05) is 19.6 Å². The van der Waals surface area contributed by atoms with Gasteiger partial charge >= 0.3 is 5.97 Å². The van der Waals surface area contributed by atoms with Crippen molar-refractivity contribution in [3.05, 3.63) is 35.9 Å². The Hall–Kier alpha value is -2.37. The second kappa shape index (κ2) is 6.98. The van der Waals surface area contributed by atoms with Crippen molar-refractivity contribution in [3.8, 4) is 0 Å². The molecular weight excluding hydrogens is 344 g/mol. The maximum absolute atomic E-state index is 12.6. The fourth-order valence-electron chi connectivity index (χ4n) is 4.55. The molecular formula is C21H26N2O4. The number of carbonyl (C=O) groups is 3. The van der Waals surface area contributed by atoms with Crippen molar-refractivity contribution in [1.29, 1.82) is 0 Å². The van der Waals surface area contributed by atoms with E-state index in [1.54, 1.807) is 4.90 Å². The Morgan fingerprint density at radius 3 is 2.33 bits per heavy atom. The quantitative estimate of drug-likeness (QED) is 0.879. The summed E-state index contributed by atoms with van der Waals surface area (Å²) in [6.07, 6.45) is 4.23. The van der Waals surface area contributed by atoms with Gasteiger partial charge in [0.2, 0.25) is 11.8 Å². The maximum atomic E-state index is 12.6. The Bertz CT molecular complexity index is 736. The second-order valence-corrected chi connectivity index (χ2v) is 8.34. The van der Waals surface area contributed by atoms with E-state index >= 15 is 0 Å². The number of rotatable bonds is 4. The number of likely N-dealkylation sites (tertiary alicyclic amines) is 2. The third kappa shape index (κ3) is 3.70. The summed E-state index contributed by atoms with van der Waals surface area (Å²) in [5, 5.41) is 9.59. The van der Waals surface area contributed by atoms with Crippen molar-refractivity contribution in [3.63, 3.8) is 0 Å². The second-order valence-electron chi connectivity index (χ2n) is 8.34. The first-order valence-electron chi connectivity index (χ1n) is 9.82. The molecule has 1 atom stereocenters. The van der Waals surface area contributed by atoms with Crippen LogP contribution in [0.25, 0.3) is 0 Å². The number of amides is 2. The van der Waals surface area contributed by atoms with Gasteiger partial charge in [0.25, 0.3) is 0 Å². The van der Waals surface area contributed by atoms with Gasteiger partial charge in [-0.1, -0.05) is 30.3 Å². The molecule has 0 unspecified atom stereocenters. The first kappa shape index (κ1) is 18.0. The SMILES string of the molecule is O=C(O)[C@H]1CC2(CCN(C(=O)Cc3ccccc3)CC2)CN1C(=O)C1CC1. The van der Waals surface area contributed by atoms with E-state index in [0.29, 0.717) is 32.5 Å².